The second kappa shape index (κ2) is 9.10. The number of fused-ring (bicyclic) bond motifs is 1. The molecule has 1 unspecified atom stereocenters. The maximum Gasteiger partial charge on any atom is 0.318 e. The van der Waals surface area contributed by atoms with Crippen LogP contribution in [0.2, 0.25) is 0 Å². The fourth-order valence-corrected chi connectivity index (χ4v) is 4.22. The quantitative estimate of drug-likeness (QED) is 0.481. The predicted octanol–water partition coefficient (Wildman–Crippen LogP) is 5.19. The van der Waals surface area contributed by atoms with Crippen molar-refractivity contribution in [3.8, 4) is 5.75 Å². The van der Waals surface area contributed by atoms with Gasteiger partial charge < -0.3 is 15.0 Å². The van der Waals surface area contributed by atoms with Gasteiger partial charge in [-0.2, -0.15) is 0 Å². The van der Waals surface area contributed by atoms with Crippen molar-refractivity contribution >= 4 is 16.9 Å². The van der Waals surface area contributed by atoms with E-state index in [9.17, 15) is 4.79 Å². The molecule has 5 heteroatoms. The summed E-state index contributed by atoms with van der Waals surface area (Å²) in [5.41, 5.74) is 2.97. The Bertz CT molecular complexity index is 1150. The van der Waals surface area contributed by atoms with Gasteiger partial charge in [-0.3, -0.25) is 4.98 Å². The molecule has 5 rings (SSSR count). The van der Waals surface area contributed by atoms with Crippen molar-refractivity contribution in [2.75, 3.05) is 13.1 Å². The molecule has 0 radical (unpaired) electrons. The second-order valence-electron chi connectivity index (χ2n) is 8.01. The highest BCUT2D eigenvalue weighted by molar-refractivity contribution is 5.84. The lowest BCUT2D eigenvalue weighted by Crippen LogP contribution is -2.41. The Kier molecular flexibility index (Phi) is 5.71. The van der Waals surface area contributed by atoms with Crippen molar-refractivity contribution in [2.45, 2.75) is 18.6 Å². The first-order valence-electron chi connectivity index (χ1n) is 10.9. The van der Waals surface area contributed by atoms with Gasteiger partial charge in [0.25, 0.3) is 0 Å². The number of hydrogen-bond donors (Lipinski definition) is 1. The molecule has 1 N–H and O–H groups in total. The molecular formula is C27H25N3O2. The summed E-state index contributed by atoms with van der Waals surface area (Å²) in [4.78, 5) is 19.5. The Hall–Kier alpha value is -3.86. The summed E-state index contributed by atoms with van der Waals surface area (Å²) >= 11 is 0. The lowest BCUT2D eigenvalue weighted by molar-refractivity contribution is 0.186. The van der Waals surface area contributed by atoms with Crippen molar-refractivity contribution in [1.29, 1.82) is 0 Å². The van der Waals surface area contributed by atoms with E-state index in [0.29, 0.717) is 13.1 Å². The largest absolute Gasteiger partial charge is 0.486 e. The van der Waals surface area contributed by atoms with Gasteiger partial charge in [0, 0.05) is 24.5 Å². The molecule has 0 saturated carbocycles. The van der Waals surface area contributed by atoms with E-state index >= 15 is 0 Å². The number of nitrogens with zero attached hydrogens (tertiary/aromatic N) is 2. The molecule has 2 amide bonds. The lowest BCUT2D eigenvalue weighted by Gasteiger charge is -2.24. The first-order chi connectivity index (χ1) is 15.8. The summed E-state index contributed by atoms with van der Waals surface area (Å²) in [6, 6.07) is 29.7. The van der Waals surface area contributed by atoms with Crippen LogP contribution in [0.15, 0.2) is 97.2 Å². The average molecular weight is 424 g/mol. The number of amides is 2. The molecule has 1 saturated heterocycles. The number of benzene rings is 3. The maximum atomic E-state index is 13.2. The van der Waals surface area contributed by atoms with E-state index in [2.05, 4.69) is 10.3 Å². The van der Waals surface area contributed by atoms with E-state index in [1.165, 1.54) is 0 Å². The minimum atomic E-state index is -0.202. The molecule has 1 fully saturated rings. The molecule has 2 heterocycles. The molecular weight excluding hydrogens is 398 g/mol. The third-order valence-electron chi connectivity index (χ3n) is 5.86. The number of para-hydroxylation sites is 1. The summed E-state index contributed by atoms with van der Waals surface area (Å²) < 4.78 is 6.26. The number of likely N-dealkylation sites (tertiary alicyclic amines) is 1. The van der Waals surface area contributed by atoms with E-state index in [1.54, 1.807) is 6.20 Å². The van der Waals surface area contributed by atoms with Crippen molar-refractivity contribution < 1.29 is 9.53 Å². The number of nitrogens with one attached hydrogen (secondary N) is 1. The van der Waals surface area contributed by atoms with Crippen molar-refractivity contribution in [3.05, 3.63) is 108 Å². The summed E-state index contributed by atoms with van der Waals surface area (Å²) in [6.45, 7) is 1.20. The SMILES string of the molecule is O=C(NC(c1ccccc1)c1ccccc1)N1CCC(Oc2cccc3cccnc23)C1. The number of pyridine rings is 1. The average Bonchev–Trinajstić information content (AvgIpc) is 3.32. The minimum Gasteiger partial charge on any atom is -0.486 e. The van der Waals surface area contributed by atoms with Gasteiger partial charge in [-0.1, -0.05) is 78.9 Å². The van der Waals surface area contributed by atoms with E-state index < -0.39 is 0 Å². The number of hydrogen-bond acceptors (Lipinski definition) is 3. The van der Waals surface area contributed by atoms with Crippen molar-refractivity contribution in [2.24, 2.45) is 0 Å². The Morgan fingerprint density at radius 3 is 2.31 bits per heavy atom. The Balaban J connectivity index is 1.29. The highest BCUT2D eigenvalue weighted by atomic mass is 16.5. The summed E-state index contributed by atoms with van der Waals surface area (Å²) in [7, 11) is 0. The van der Waals surface area contributed by atoms with Gasteiger partial charge >= 0.3 is 6.03 Å². The number of rotatable bonds is 5. The fraction of sp³-hybridized carbons (Fsp3) is 0.185. The Labute approximate surface area is 187 Å². The van der Waals surface area contributed by atoms with E-state index in [-0.39, 0.29) is 18.2 Å². The van der Waals surface area contributed by atoms with Crippen LogP contribution in [-0.2, 0) is 0 Å². The minimum absolute atomic E-state index is 0.0553. The molecule has 160 valence electrons. The monoisotopic (exact) mass is 423 g/mol. The van der Waals surface area contributed by atoms with Crippen LogP contribution >= 0.6 is 0 Å². The number of aromatic nitrogens is 1. The number of carbonyl (C=O) groups is 1. The molecule has 0 spiro atoms. The zero-order valence-corrected chi connectivity index (χ0v) is 17.7. The van der Waals surface area contributed by atoms with Crippen molar-refractivity contribution in [1.82, 2.24) is 15.2 Å². The maximum absolute atomic E-state index is 13.2. The third kappa shape index (κ3) is 4.28. The molecule has 1 aliphatic heterocycles. The molecule has 0 aliphatic carbocycles. The summed E-state index contributed by atoms with van der Waals surface area (Å²) in [6.07, 6.45) is 2.51. The molecule has 4 aromatic rings. The van der Waals surface area contributed by atoms with Gasteiger partial charge in [-0.25, -0.2) is 4.79 Å². The van der Waals surface area contributed by atoms with Crippen LogP contribution in [0, 0.1) is 0 Å². The van der Waals surface area contributed by atoms with Gasteiger partial charge in [-0.05, 0) is 23.3 Å². The zero-order chi connectivity index (χ0) is 21.8. The molecule has 5 nitrogen and oxygen atoms in total. The topological polar surface area (TPSA) is 54.5 Å². The van der Waals surface area contributed by atoms with E-state index in [1.807, 2.05) is 95.9 Å². The number of ether oxygens (including phenoxy) is 1. The van der Waals surface area contributed by atoms with Gasteiger partial charge in [0.1, 0.15) is 17.4 Å². The second-order valence-corrected chi connectivity index (χ2v) is 8.01. The zero-order valence-electron chi connectivity index (χ0n) is 17.7. The molecule has 0 bridgehead atoms. The Morgan fingerprint density at radius 1 is 0.906 bits per heavy atom. The highest BCUT2D eigenvalue weighted by Gasteiger charge is 2.29. The molecule has 1 aromatic heterocycles. The van der Waals surface area contributed by atoms with Crippen LogP contribution in [-0.4, -0.2) is 35.1 Å². The lowest BCUT2D eigenvalue weighted by atomic mass is 9.99. The molecule has 32 heavy (non-hydrogen) atoms. The standard InChI is InChI=1S/C27H25N3O2/c31-27(29-25(20-9-3-1-4-10-20)21-11-5-2-6-12-21)30-18-16-23(19-30)32-24-15-7-13-22-14-8-17-28-26(22)24/h1-15,17,23,25H,16,18-19H2,(H,29,31). The van der Waals surface area contributed by atoms with Gasteiger partial charge in [0.2, 0.25) is 0 Å². The molecule has 1 atom stereocenters. The van der Waals surface area contributed by atoms with Gasteiger partial charge in [0.05, 0.1) is 12.6 Å². The van der Waals surface area contributed by atoms with E-state index in [0.717, 1.165) is 34.2 Å². The normalized spacial score (nSPS) is 15.8. The van der Waals surface area contributed by atoms with Crippen LogP contribution in [0.1, 0.15) is 23.6 Å². The van der Waals surface area contributed by atoms with Crippen LogP contribution in [0.4, 0.5) is 4.79 Å². The number of urea groups is 1. The highest BCUT2D eigenvalue weighted by Crippen LogP contribution is 2.27. The van der Waals surface area contributed by atoms with E-state index in [4.69, 9.17) is 4.74 Å². The predicted molar refractivity (Wildman–Crippen MR) is 126 cm³/mol. The fourth-order valence-electron chi connectivity index (χ4n) is 4.22. The van der Waals surface area contributed by atoms with Crippen LogP contribution in [0.3, 0.4) is 0 Å². The third-order valence-corrected chi connectivity index (χ3v) is 5.86. The number of carbonyl (C=O) groups excluding carboxylic acids is 1. The molecule has 3 aromatic carbocycles. The molecule has 1 aliphatic rings. The van der Waals surface area contributed by atoms with Crippen LogP contribution in [0.5, 0.6) is 5.75 Å². The Morgan fingerprint density at radius 2 is 1.59 bits per heavy atom. The van der Waals surface area contributed by atoms with Crippen molar-refractivity contribution in [3.63, 3.8) is 0 Å². The first-order valence-corrected chi connectivity index (χ1v) is 10.9. The first kappa shape index (κ1) is 20.1. The van der Waals surface area contributed by atoms with Crippen LogP contribution < -0.4 is 10.1 Å². The van der Waals surface area contributed by atoms with Crippen LogP contribution in [0.25, 0.3) is 10.9 Å². The summed E-state index contributed by atoms with van der Waals surface area (Å²) in [5.74, 6) is 0.766. The van der Waals surface area contributed by atoms with Gasteiger partial charge in [-0.15, -0.1) is 0 Å². The summed E-state index contributed by atoms with van der Waals surface area (Å²) in [5, 5.41) is 4.27. The van der Waals surface area contributed by atoms with Gasteiger partial charge in [0.15, 0.2) is 0 Å². The smallest absolute Gasteiger partial charge is 0.318 e.